The Morgan fingerprint density at radius 1 is 1.33 bits per heavy atom. The maximum atomic E-state index is 5.39. The Morgan fingerprint density at radius 3 is 2.75 bits per heavy atom. The highest BCUT2D eigenvalue weighted by Crippen LogP contribution is 1.97. The first-order chi connectivity index (χ1) is 5.83. The van der Waals surface area contributed by atoms with Crippen molar-refractivity contribution in [1.29, 1.82) is 0 Å². The lowest BCUT2D eigenvalue weighted by molar-refractivity contribution is 0.494. The van der Waals surface area contributed by atoms with Crippen LogP contribution in [0, 0.1) is 0 Å². The van der Waals surface area contributed by atoms with Crippen LogP contribution in [0.2, 0.25) is 0 Å². The smallest absolute Gasteiger partial charge is 0.165 e. The molecular weight excluding hydrogens is 154 g/mol. The average Bonchev–Trinajstić information content (AvgIpc) is 2.45. The van der Waals surface area contributed by atoms with Crippen molar-refractivity contribution < 1.29 is 0 Å². The quantitative estimate of drug-likeness (QED) is 0.607. The molecule has 0 bridgehead atoms. The Labute approximate surface area is 71.7 Å². The van der Waals surface area contributed by atoms with Gasteiger partial charge >= 0.3 is 0 Å². The molecule has 0 aliphatic rings. The van der Waals surface area contributed by atoms with Gasteiger partial charge in [-0.05, 0) is 19.4 Å². The zero-order chi connectivity index (χ0) is 8.81. The summed E-state index contributed by atoms with van der Waals surface area (Å²) in [5.74, 6) is 0.480. The second-order valence-electron chi connectivity index (χ2n) is 2.71. The predicted molar refractivity (Wildman–Crippen MR) is 47.3 cm³/mol. The SMILES string of the molecule is NCCCCCn1ncc(N)n1. The van der Waals surface area contributed by atoms with Crippen LogP contribution in [0.15, 0.2) is 6.20 Å². The third-order valence-electron chi connectivity index (χ3n) is 1.62. The molecule has 0 saturated heterocycles. The van der Waals surface area contributed by atoms with E-state index >= 15 is 0 Å². The van der Waals surface area contributed by atoms with Crippen LogP contribution in [0.5, 0.6) is 0 Å². The summed E-state index contributed by atoms with van der Waals surface area (Å²) in [7, 11) is 0. The summed E-state index contributed by atoms with van der Waals surface area (Å²) >= 11 is 0. The molecule has 1 rings (SSSR count). The summed E-state index contributed by atoms with van der Waals surface area (Å²) in [5.41, 5.74) is 10.7. The summed E-state index contributed by atoms with van der Waals surface area (Å²) in [6, 6.07) is 0. The molecule has 5 heteroatoms. The van der Waals surface area contributed by atoms with Gasteiger partial charge in [-0.2, -0.15) is 9.90 Å². The standard InChI is InChI=1S/C7H15N5/c8-4-2-1-3-5-12-10-6-7(9)11-12/h6H,1-5,8H2,(H2,9,11). The number of nitrogen functional groups attached to an aromatic ring is 1. The minimum atomic E-state index is 0.480. The van der Waals surface area contributed by atoms with Crippen LogP contribution < -0.4 is 11.5 Å². The minimum absolute atomic E-state index is 0.480. The van der Waals surface area contributed by atoms with E-state index in [0.29, 0.717) is 5.82 Å². The van der Waals surface area contributed by atoms with Crippen molar-refractivity contribution in [2.24, 2.45) is 5.73 Å². The van der Waals surface area contributed by atoms with Gasteiger partial charge in [0.25, 0.3) is 0 Å². The number of hydrogen-bond donors (Lipinski definition) is 2. The summed E-state index contributed by atoms with van der Waals surface area (Å²) in [6.45, 7) is 1.59. The molecule has 0 aliphatic carbocycles. The number of nitrogens with two attached hydrogens (primary N) is 2. The molecule has 5 nitrogen and oxygen atoms in total. The number of rotatable bonds is 5. The molecule has 0 unspecified atom stereocenters. The van der Waals surface area contributed by atoms with Gasteiger partial charge in [0.1, 0.15) is 0 Å². The summed E-state index contributed by atoms with van der Waals surface area (Å²) in [4.78, 5) is 1.62. The Hall–Kier alpha value is -1.10. The van der Waals surface area contributed by atoms with Gasteiger partial charge in [-0.25, -0.2) is 0 Å². The Kier molecular flexibility index (Phi) is 3.53. The molecule has 0 saturated carbocycles. The van der Waals surface area contributed by atoms with Gasteiger partial charge in [0, 0.05) is 0 Å². The third kappa shape index (κ3) is 2.87. The van der Waals surface area contributed by atoms with Crippen LogP contribution in [-0.2, 0) is 6.54 Å². The highest BCUT2D eigenvalue weighted by atomic mass is 15.5. The normalized spacial score (nSPS) is 10.4. The highest BCUT2D eigenvalue weighted by molar-refractivity contribution is 5.19. The van der Waals surface area contributed by atoms with E-state index in [1.54, 1.807) is 11.0 Å². The first-order valence-electron chi connectivity index (χ1n) is 4.18. The fraction of sp³-hybridized carbons (Fsp3) is 0.714. The van der Waals surface area contributed by atoms with Crippen molar-refractivity contribution in [3.63, 3.8) is 0 Å². The molecule has 0 radical (unpaired) electrons. The molecular formula is C7H15N5. The van der Waals surface area contributed by atoms with Crippen molar-refractivity contribution in [2.75, 3.05) is 12.3 Å². The van der Waals surface area contributed by atoms with Gasteiger partial charge in [0.2, 0.25) is 0 Å². The third-order valence-corrected chi connectivity index (χ3v) is 1.62. The summed E-state index contributed by atoms with van der Waals surface area (Å²) in [6.07, 6.45) is 4.81. The second kappa shape index (κ2) is 4.71. The topological polar surface area (TPSA) is 82.8 Å². The predicted octanol–water partition coefficient (Wildman–Crippen LogP) is -0.0107. The van der Waals surface area contributed by atoms with Crippen LogP contribution in [0.25, 0.3) is 0 Å². The molecule has 1 aromatic rings. The molecule has 12 heavy (non-hydrogen) atoms. The Morgan fingerprint density at radius 2 is 2.17 bits per heavy atom. The second-order valence-corrected chi connectivity index (χ2v) is 2.71. The average molecular weight is 169 g/mol. The van der Waals surface area contributed by atoms with Gasteiger partial charge in [-0.1, -0.05) is 6.42 Å². The fourth-order valence-corrected chi connectivity index (χ4v) is 0.993. The lowest BCUT2D eigenvalue weighted by atomic mass is 10.2. The van der Waals surface area contributed by atoms with E-state index in [4.69, 9.17) is 11.5 Å². The lowest BCUT2D eigenvalue weighted by Gasteiger charge is -1.97. The largest absolute Gasteiger partial charge is 0.381 e. The summed E-state index contributed by atoms with van der Waals surface area (Å²) in [5, 5.41) is 7.92. The minimum Gasteiger partial charge on any atom is -0.381 e. The molecule has 0 aromatic carbocycles. The number of hydrogen-bond acceptors (Lipinski definition) is 4. The zero-order valence-corrected chi connectivity index (χ0v) is 7.11. The number of anilines is 1. The number of nitrogens with zero attached hydrogens (tertiary/aromatic N) is 3. The molecule has 1 aromatic heterocycles. The lowest BCUT2D eigenvalue weighted by Crippen LogP contribution is -2.04. The van der Waals surface area contributed by atoms with Crippen molar-refractivity contribution in [2.45, 2.75) is 25.8 Å². The first-order valence-corrected chi connectivity index (χ1v) is 4.18. The van der Waals surface area contributed by atoms with Crippen LogP contribution in [-0.4, -0.2) is 21.5 Å². The Balaban J connectivity index is 2.15. The monoisotopic (exact) mass is 169 g/mol. The van der Waals surface area contributed by atoms with Gasteiger partial charge in [-0.15, -0.1) is 5.10 Å². The molecule has 4 N–H and O–H groups in total. The van der Waals surface area contributed by atoms with Crippen molar-refractivity contribution in [1.82, 2.24) is 15.0 Å². The van der Waals surface area contributed by atoms with Gasteiger partial charge < -0.3 is 11.5 Å². The van der Waals surface area contributed by atoms with Gasteiger partial charge in [0.05, 0.1) is 12.7 Å². The van der Waals surface area contributed by atoms with E-state index in [1.165, 1.54) is 0 Å². The first kappa shape index (κ1) is 8.99. The van der Waals surface area contributed by atoms with E-state index in [-0.39, 0.29) is 0 Å². The maximum Gasteiger partial charge on any atom is 0.165 e. The summed E-state index contributed by atoms with van der Waals surface area (Å²) < 4.78 is 0. The molecule has 68 valence electrons. The van der Waals surface area contributed by atoms with Gasteiger partial charge in [0.15, 0.2) is 5.82 Å². The van der Waals surface area contributed by atoms with Gasteiger partial charge in [-0.3, -0.25) is 0 Å². The van der Waals surface area contributed by atoms with E-state index < -0.39 is 0 Å². The van der Waals surface area contributed by atoms with Crippen molar-refractivity contribution in [3.05, 3.63) is 6.20 Å². The van der Waals surface area contributed by atoms with E-state index in [0.717, 1.165) is 32.4 Å². The molecule has 0 aliphatic heterocycles. The molecule has 0 fully saturated rings. The van der Waals surface area contributed by atoms with E-state index in [2.05, 4.69) is 10.2 Å². The molecule has 0 amide bonds. The number of aryl methyl sites for hydroxylation is 1. The molecule has 0 atom stereocenters. The zero-order valence-electron chi connectivity index (χ0n) is 7.11. The molecule has 0 spiro atoms. The van der Waals surface area contributed by atoms with Crippen molar-refractivity contribution >= 4 is 5.82 Å². The van der Waals surface area contributed by atoms with Crippen LogP contribution >= 0.6 is 0 Å². The highest BCUT2D eigenvalue weighted by Gasteiger charge is 1.94. The van der Waals surface area contributed by atoms with E-state index in [9.17, 15) is 0 Å². The van der Waals surface area contributed by atoms with Crippen LogP contribution in [0.1, 0.15) is 19.3 Å². The van der Waals surface area contributed by atoms with E-state index in [1.807, 2.05) is 0 Å². The van der Waals surface area contributed by atoms with Crippen molar-refractivity contribution in [3.8, 4) is 0 Å². The fourth-order valence-electron chi connectivity index (χ4n) is 0.993. The molecule has 1 heterocycles. The maximum absolute atomic E-state index is 5.39. The van der Waals surface area contributed by atoms with Crippen LogP contribution in [0.3, 0.4) is 0 Å². The Bertz CT molecular complexity index is 219. The number of aromatic nitrogens is 3. The van der Waals surface area contributed by atoms with Crippen LogP contribution in [0.4, 0.5) is 5.82 Å². The number of unbranched alkanes of at least 4 members (excludes halogenated alkanes) is 2.